The molecule has 1 atom stereocenters. The molecule has 0 radical (unpaired) electrons. The Morgan fingerprint density at radius 3 is 1.78 bits per heavy atom. The van der Waals surface area contributed by atoms with Gasteiger partial charge in [0.1, 0.15) is 0 Å². The van der Waals surface area contributed by atoms with Crippen LogP contribution < -0.4 is 23.7 Å². The van der Waals surface area contributed by atoms with Crippen LogP contribution >= 0.6 is 0 Å². The van der Waals surface area contributed by atoms with Gasteiger partial charge in [-0.2, -0.15) is 0 Å². The molecule has 0 aromatic rings. The Morgan fingerprint density at radius 1 is 1.44 bits per heavy atom. The van der Waals surface area contributed by atoms with Crippen LogP contribution in [-0.4, -0.2) is 8.32 Å². The molecule has 0 aliphatic carbocycles. The van der Waals surface area contributed by atoms with Crippen molar-refractivity contribution in [1.82, 2.24) is 0 Å². The van der Waals surface area contributed by atoms with Gasteiger partial charge in [-0.3, -0.25) is 0 Å². The fourth-order valence-corrected chi connectivity index (χ4v) is 1.47. The molecule has 0 N–H and O–H groups in total. The molecule has 0 rings (SSSR count). The van der Waals surface area contributed by atoms with Gasteiger partial charge in [0.2, 0.25) is 0 Å². The fourth-order valence-electron chi connectivity index (χ4n) is 0.492. The van der Waals surface area contributed by atoms with E-state index in [1.165, 1.54) is 0 Å². The molecule has 0 heterocycles. The second-order valence-corrected chi connectivity index (χ2v) is 7.11. The molecule has 50 valence electrons. The van der Waals surface area contributed by atoms with Crippen LogP contribution in [0.2, 0.25) is 18.6 Å². The van der Waals surface area contributed by atoms with Gasteiger partial charge in [-0.25, -0.2) is 0 Å². The molecular weight excluding hydrogens is 123 g/mol. The summed E-state index contributed by atoms with van der Waals surface area (Å²) in [6.45, 7) is 7.89. The third kappa shape index (κ3) is 5.23. The molecular formula is C6H15LiOSi. The third-order valence-corrected chi connectivity index (χ3v) is 4.58. The second kappa shape index (κ2) is 4.57. The average Bonchev–Trinajstić information content (AvgIpc) is 1.62. The van der Waals surface area contributed by atoms with Crippen molar-refractivity contribution < 1.29 is 23.7 Å². The number of hydrogen-bond donors (Lipinski definition) is 0. The first-order valence-corrected chi connectivity index (χ1v) is 6.17. The van der Waals surface area contributed by atoms with Crippen LogP contribution in [0.1, 0.15) is 20.3 Å². The first kappa shape index (κ1) is 12.5. The van der Waals surface area contributed by atoms with E-state index in [1.54, 1.807) is 0 Å². The van der Waals surface area contributed by atoms with E-state index in [4.69, 9.17) is 0 Å². The molecule has 0 aromatic carbocycles. The average molecular weight is 138 g/mol. The van der Waals surface area contributed by atoms with Crippen LogP contribution in [0, 0.1) is 0 Å². The van der Waals surface area contributed by atoms with Gasteiger partial charge in [0.05, 0.1) is 0 Å². The van der Waals surface area contributed by atoms with Crippen LogP contribution in [0.3, 0.4) is 0 Å². The molecule has 0 saturated heterocycles. The van der Waals surface area contributed by atoms with Crippen molar-refractivity contribution in [3.05, 3.63) is 0 Å². The molecule has 0 bridgehead atoms. The van der Waals surface area contributed by atoms with Crippen LogP contribution in [0.5, 0.6) is 0 Å². The van der Waals surface area contributed by atoms with E-state index in [0.717, 1.165) is 6.42 Å². The molecule has 0 fully saturated rings. The molecule has 0 spiro atoms. The largest absolute Gasteiger partial charge is 1.00 e. The summed E-state index contributed by atoms with van der Waals surface area (Å²) >= 11 is 0. The summed E-state index contributed by atoms with van der Waals surface area (Å²) < 4.78 is 0. The van der Waals surface area contributed by atoms with Crippen molar-refractivity contribution in [3.8, 4) is 0 Å². The van der Waals surface area contributed by atoms with Crippen molar-refractivity contribution in [2.75, 3.05) is 0 Å². The van der Waals surface area contributed by atoms with Crippen LogP contribution in [0.25, 0.3) is 0 Å². The van der Waals surface area contributed by atoms with Gasteiger partial charge in [0.25, 0.3) is 0 Å². The van der Waals surface area contributed by atoms with Crippen molar-refractivity contribution >= 4 is 8.32 Å². The maximum atomic E-state index is 11.2. The quantitative estimate of drug-likeness (QED) is 0.420. The normalized spacial score (nSPS) is 14.3. The molecule has 9 heavy (non-hydrogen) atoms. The van der Waals surface area contributed by atoms with Gasteiger partial charge in [-0.05, 0) is 0 Å². The SMILES string of the molecule is CCC(C)[Si](C)(C)[O-].[Li+]. The molecule has 0 aliphatic heterocycles. The number of hydrogen-bond acceptors (Lipinski definition) is 1. The monoisotopic (exact) mass is 138 g/mol. The predicted octanol–water partition coefficient (Wildman–Crippen LogP) is -1.64. The maximum Gasteiger partial charge on any atom is 1.00 e. The Kier molecular flexibility index (Phi) is 6.32. The molecule has 0 amide bonds. The standard InChI is InChI=1S/C6H15OSi.Li/c1-5-6(2)8(3,4)7;/h6H,5H2,1-4H3;/q-1;+1. The smallest absolute Gasteiger partial charge is 0.858 e. The van der Waals surface area contributed by atoms with Gasteiger partial charge >= 0.3 is 18.9 Å². The van der Waals surface area contributed by atoms with E-state index in [9.17, 15) is 4.80 Å². The van der Waals surface area contributed by atoms with Crippen molar-refractivity contribution in [1.29, 1.82) is 0 Å². The number of rotatable bonds is 2. The topological polar surface area (TPSA) is 23.1 Å². The summed E-state index contributed by atoms with van der Waals surface area (Å²) in [6.07, 6.45) is 1.04. The fraction of sp³-hybridized carbons (Fsp3) is 1.00. The molecule has 0 saturated carbocycles. The molecule has 1 nitrogen and oxygen atoms in total. The van der Waals surface area contributed by atoms with Crippen molar-refractivity contribution in [3.63, 3.8) is 0 Å². The minimum atomic E-state index is -2.01. The van der Waals surface area contributed by atoms with E-state index >= 15 is 0 Å². The zero-order valence-electron chi connectivity index (χ0n) is 7.19. The summed E-state index contributed by atoms with van der Waals surface area (Å²) in [4.78, 5) is 11.2. The zero-order valence-corrected chi connectivity index (χ0v) is 8.19. The molecule has 0 aromatic heterocycles. The molecule has 0 aliphatic rings. The first-order chi connectivity index (χ1) is 3.48. The summed E-state index contributed by atoms with van der Waals surface area (Å²) in [6, 6.07) is 0. The van der Waals surface area contributed by atoms with Crippen molar-refractivity contribution in [2.24, 2.45) is 0 Å². The Labute approximate surface area is 71.2 Å². The Balaban J connectivity index is 0. The van der Waals surface area contributed by atoms with E-state index in [-0.39, 0.29) is 18.9 Å². The predicted molar refractivity (Wildman–Crippen MR) is 37.2 cm³/mol. The molecule has 3 heteroatoms. The third-order valence-electron chi connectivity index (χ3n) is 1.80. The summed E-state index contributed by atoms with van der Waals surface area (Å²) in [5, 5.41) is 0. The summed E-state index contributed by atoms with van der Waals surface area (Å²) in [7, 11) is -2.01. The minimum absolute atomic E-state index is 0. The van der Waals surface area contributed by atoms with Gasteiger partial charge in [0.15, 0.2) is 0 Å². The van der Waals surface area contributed by atoms with Gasteiger partial charge in [-0.1, -0.05) is 47.2 Å². The van der Waals surface area contributed by atoms with E-state index in [1.807, 2.05) is 13.1 Å². The van der Waals surface area contributed by atoms with Gasteiger partial charge in [0, 0.05) is 0 Å². The zero-order chi connectivity index (χ0) is 6.78. The van der Waals surface area contributed by atoms with Gasteiger partial charge in [-0.15, -0.1) is 0 Å². The second-order valence-electron chi connectivity index (χ2n) is 2.91. The Morgan fingerprint density at radius 2 is 1.78 bits per heavy atom. The summed E-state index contributed by atoms with van der Waals surface area (Å²) in [5.74, 6) is 0. The van der Waals surface area contributed by atoms with Crippen molar-refractivity contribution in [2.45, 2.75) is 38.9 Å². The van der Waals surface area contributed by atoms with E-state index < -0.39 is 8.32 Å². The van der Waals surface area contributed by atoms with Crippen LogP contribution in [0.4, 0.5) is 0 Å². The van der Waals surface area contributed by atoms with E-state index in [2.05, 4.69) is 13.8 Å². The minimum Gasteiger partial charge on any atom is -0.858 e. The van der Waals surface area contributed by atoms with E-state index in [0.29, 0.717) is 5.54 Å². The van der Waals surface area contributed by atoms with Crippen LogP contribution in [0.15, 0.2) is 0 Å². The maximum absolute atomic E-state index is 11.2. The Bertz CT molecular complexity index is 69.9. The van der Waals surface area contributed by atoms with Gasteiger partial charge < -0.3 is 4.80 Å². The Hall–Kier alpha value is 0.774. The summed E-state index contributed by atoms with van der Waals surface area (Å²) in [5.41, 5.74) is 0.433. The first-order valence-electron chi connectivity index (χ1n) is 3.19. The molecule has 1 unspecified atom stereocenters. The van der Waals surface area contributed by atoms with Crippen LogP contribution in [-0.2, 0) is 0 Å².